The first-order chi connectivity index (χ1) is 12.4. The van der Waals surface area contributed by atoms with Gasteiger partial charge in [-0.25, -0.2) is 0 Å². The van der Waals surface area contributed by atoms with Gasteiger partial charge in [-0.1, -0.05) is 12.1 Å². The number of hydrogen-bond acceptors (Lipinski definition) is 2. The highest BCUT2D eigenvalue weighted by atomic mass is 16.2. The number of H-pyrrole nitrogens is 1. The number of aryl methyl sites for hydroxylation is 5. The summed E-state index contributed by atoms with van der Waals surface area (Å²) < 4.78 is 1.81. The maximum absolute atomic E-state index is 12.7. The Morgan fingerprint density at radius 1 is 1.23 bits per heavy atom. The van der Waals surface area contributed by atoms with Gasteiger partial charge in [0.2, 0.25) is 5.91 Å². The molecule has 0 saturated carbocycles. The van der Waals surface area contributed by atoms with Crippen LogP contribution in [0.15, 0.2) is 24.5 Å². The van der Waals surface area contributed by atoms with Gasteiger partial charge in [0.1, 0.15) is 0 Å². The lowest BCUT2D eigenvalue weighted by molar-refractivity contribution is -0.129. The van der Waals surface area contributed by atoms with Crippen molar-refractivity contribution in [3.8, 4) is 0 Å². The summed E-state index contributed by atoms with van der Waals surface area (Å²) in [5, 5.41) is 5.39. The minimum absolute atomic E-state index is 0.168. The van der Waals surface area contributed by atoms with E-state index >= 15 is 0 Å². The first-order valence-electron chi connectivity index (χ1n) is 9.15. The number of likely N-dealkylation sites (N-methyl/N-ethyl adjacent to an activating group) is 1. The molecule has 0 radical (unpaired) electrons. The number of aromatic amines is 1. The standard InChI is InChI=1S/C21H28N4O/c1-14-8-9-15(2)21-20(14)18(16(3)23-21)11-19(26)24(4)10-6-7-17-12-22-25(5)13-17/h8-9,12-13,23H,6-7,10-11H2,1-5H3. The Morgan fingerprint density at radius 3 is 2.65 bits per heavy atom. The summed E-state index contributed by atoms with van der Waals surface area (Å²) in [6.07, 6.45) is 6.25. The van der Waals surface area contributed by atoms with Crippen LogP contribution in [-0.2, 0) is 24.7 Å². The monoisotopic (exact) mass is 352 g/mol. The van der Waals surface area contributed by atoms with Crippen LogP contribution in [0.2, 0.25) is 0 Å². The largest absolute Gasteiger partial charge is 0.358 e. The fourth-order valence-corrected chi connectivity index (χ4v) is 3.56. The lowest BCUT2D eigenvalue weighted by Crippen LogP contribution is -2.29. The lowest BCUT2D eigenvalue weighted by Gasteiger charge is -2.17. The van der Waals surface area contributed by atoms with E-state index < -0.39 is 0 Å². The van der Waals surface area contributed by atoms with Crippen molar-refractivity contribution in [2.45, 2.75) is 40.0 Å². The summed E-state index contributed by atoms with van der Waals surface area (Å²) >= 11 is 0. The van der Waals surface area contributed by atoms with Gasteiger partial charge < -0.3 is 9.88 Å². The Bertz CT molecular complexity index is 935. The normalized spacial score (nSPS) is 11.3. The Hall–Kier alpha value is -2.56. The van der Waals surface area contributed by atoms with Gasteiger partial charge >= 0.3 is 0 Å². The lowest BCUT2D eigenvalue weighted by atomic mass is 10.0. The molecule has 3 rings (SSSR count). The van der Waals surface area contributed by atoms with Gasteiger partial charge in [-0.3, -0.25) is 9.48 Å². The van der Waals surface area contributed by atoms with E-state index in [1.165, 1.54) is 22.1 Å². The van der Waals surface area contributed by atoms with Crippen molar-refractivity contribution in [3.05, 3.63) is 52.5 Å². The maximum atomic E-state index is 12.7. The zero-order valence-electron chi connectivity index (χ0n) is 16.4. The Labute approximate surface area is 155 Å². The zero-order chi connectivity index (χ0) is 18.8. The SMILES string of the molecule is Cc1[nH]c2c(C)ccc(C)c2c1CC(=O)N(C)CCCc1cnn(C)c1. The number of aromatic nitrogens is 3. The molecule has 0 saturated heterocycles. The van der Waals surface area contributed by atoms with Crippen LogP contribution in [0.1, 0.15) is 34.4 Å². The average molecular weight is 352 g/mol. The second-order valence-electron chi connectivity index (χ2n) is 7.30. The molecule has 1 aromatic carbocycles. The van der Waals surface area contributed by atoms with Crippen LogP contribution < -0.4 is 0 Å². The predicted molar refractivity (Wildman–Crippen MR) is 105 cm³/mol. The summed E-state index contributed by atoms with van der Waals surface area (Å²) in [6, 6.07) is 4.26. The van der Waals surface area contributed by atoms with Crippen molar-refractivity contribution in [2.75, 3.05) is 13.6 Å². The quantitative estimate of drug-likeness (QED) is 0.739. The molecule has 1 amide bonds. The Kier molecular flexibility index (Phi) is 5.16. The molecule has 26 heavy (non-hydrogen) atoms. The van der Waals surface area contributed by atoms with Crippen molar-refractivity contribution >= 4 is 16.8 Å². The van der Waals surface area contributed by atoms with Crippen molar-refractivity contribution in [1.82, 2.24) is 19.7 Å². The van der Waals surface area contributed by atoms with Crippen molar-refractivity contribution in [1.29, 1.82) is 0 Å². The maximum Gasteiger partial charge on any atom is 0.226 e. The van der Waals surface area contributed by atoms with Gasteiger partial charge in [0.15, 0.2) is 0 Å². The highest BCUT2D eigenvalue weighted by Gasteiger charge is 2.17. The van der Waals surface area contributed by atoms with Crippen LogP contribution in [0.3, 0.4) is 0 Å². The van der Waals surface area contributed by atoms with Crippen molar-refractivity contribution in [2.24, 2.45) is 7.05 Å². The zero-order valence-corrected chi connectivity index (χ0v) is 16.4. The van der Waals surface area contributed by atoms with Crippen LogP contribution in [0.4, 0.5) is 0 Å². The first kappa shape index (κ1) is 18.2. The van der Waals surface area contributed by atoms with E-state index in [0.717, 1.165) is 36.2 Å². The molecule has 0 bridgehead atoms. The Balaban J connectivity index is 1.66. The minimum atomic E-state index is 0.168. The van der Waals surface area contributed by atoms with Crippen LogP contribution >= 0.6 is 0 Å². The van der Waals surface area contributed by atoms with Gasteiger partial charge in [0.25, 0.3) is 0 Å². The molecule has 0 unspecified atom stereocenters. The van der Waals surface area contributed by atoms with E-state index in [9.17, 15) is 4.79 Å². The topological polar surface area (TPSA) is 53.9 Å². The third-order valence-electron chi connectivity index (χ3n) is 5.16. The highest BCUT2D eigenvalue weighted by Crippen LogP contribution is 2.28. The van der Waals surface area contributed by atoms with Gasteiger partial charge in [-0.05, 0) is 55.9 Å². The fourth-order valence-electron chi connectivity index (χ4n) is 3.56. The van der Waals surface area contributed by atoms with E-state index in [1.807, 2.05) is 36.1 Å². The Morgan fingerprint density at radius 2 is 1.96 bits per heavy atom. The summed E-state index contributed by atoms with van der Waals surface area (Å²) in [5.74, 6) is 0.168. The van der Waals surface area contributed by atoms with Gasteiger partial charge in [0, 0.05) is 43.4 Å². The van der Waals surface area contributed by atoms with Crippen LogP contribution in [0, 0.1) is 20.8 Å². The minimum Gasteiger partial charge on any atom is -0.358 e. The summed E-state index contributed by atoms with van der Waals surface area (Å²) in [4.78, 5) is 18.1. The first-order valence-corrected chi connectivity index (χ1v) is 9.15. The molecule has 3 aromatic rings. The number of carbonyl (C=O) groups is 1. The fraction of sp³-hybridized carbons (Fsp3) is 0.429. The third kappa shape index (κ3) is 3.66. The number of carbonyl (C=O) groups excluding carboxylic acids is 1. The number of nitrogens with one attached hydrogen (secondary N) is 1. The third-order valence-corrected chi connectivity index (χ3v) is 5.16. The molecule has 2 aromatic heterocycles. The molecule has 5 nitrogen and oxygen atoms in total. The molecule has 5 heteroatoms. The smallest absolute Gasteiger partial charge is 0.226 e. The van der Waals surface area contributed by atoms with Crippen LogP contribution in [0.25, 0.3) is 10.9 Å². The number of hydrogen-bond donors (Lipinski definition) is 1. The summed E-state index contributed by atoms with van der Waals surface area (Å²) in [5.41, 5.74) is 7.03. The molecule has 0 aliphatic heterocycles. The van der Waals surface area contributed by atoms with Gasteiger partial charge in [-0.15, -0.1) is 0 Å². The number of benzene rings is 1. The number of fused-ring (bicyclic) bond motifs is 1. The van der Waals surface area contributed by atoms with Gasteiger partial charge in [0.05, 0.1) is 12.6 Å². The van der Waals surface area contributed by atoms with Crippen LogP contribution in [-0.4, -0.2) is 39.2 Å². The number of nitrogens with zero attached hydrogens (tertiary/aromatic N) is 3. The summed E-state index contributed by atoms with van der Waals surface area (Å²) in [7, 11) is 3.82. The molecule has 138 valence electrons. The van der Waals surface area contributed by atoms with E-state index in [-0.39, 0.29) is 5.91 Å². The van der Waals surface area contributed by atoms with Gasteiger partial charge in [-0.2, -0.15) is 5.10 Å². The van der Waals surface area contributed by atoms with E-state index in [1.54, 1.807) is 0 Å². The average Bonchev–Trinajstić information content (AvgIpc) is 3.15. The van der Waals surface area contributed by atoms with Crippen molar-refractivity contribution in [3.63, 3.8) is 0 Å². The molecule has 0 aliphatic rings. The highest BCUT2D eigenvalue weighted by molar-refractivity contribution is 5.93. The molecule has 0 aliphatic carbocycles. The molecule has 2 heterocycles. The van der Waals surface area contributed by atoms with Crippen LogP contribution in [0.5, 0.6) is 0 Å². The molecule has 0 fully saturated rings. The second kappa shape index (κ2) is 7.36. The number of rotatable bonds is 6. The molecule has 0 spiro atoms. The van der Waals surface area contributed by atoms with E-state index in [2.05, 4.69) is 43.0 Å². The van der Waals surface area contributed by atoms with Crippen molar-refractivity contribution < 1.29 is 4.79 Å². The summed E-state index contributed by atoms with van der Waals surface area (Å²) in [6.45, 7) is 7.03. The molecular formula is C21H28N4O. The van der Waals surface area contributed by atoms with E-state index in [0.29, 0.717) is 6.42 Å². The van der Waals surface area contributed by atoms with E-state index in [4.69, 9.17) is 0 Å². The molecule has 0 atom stereocenters. The molecular weight excluding hydrogens is 324 g/mol. The second-order valence-corrected chi connectivity index (χ2v) is 7.30. The molecule has 1 N–H and O–H groups in total. The number of amides is 1. The predicted octanol–water partition coefficient (Wildman–Crippen LogP) is 3.46.